The fourth-order valence-corrected chi connectivity index (χ4v) is 2.78. The summed E-state index contributed by atoms with van der Waals surface area (Å²) in [6.07, 6.45) is 0. The molecule has 0 atom stereocenters. The van der Waals surface area contributed by atoms with E-state index in [2.05, 4.69) is 10.6 Å². The van der Waals surface area contributed by atoms with E-state index in [1.54, 1.807) is 25.1 Å². The number of hydrogen-bond donors (Lipinski definition) is 2. The van der Waals surface area contributed by atoms with Crippen molar-refractivity contribution in [3.63, 3.8) is 0 Å². The number of esters is 1. The highest BCUT2D eigenvalue weighted by molar-refractivity contribution is 5.97. The maximum atomic E-state index is 13.6. The molecule has 0 fully saturated rings. The Bertz CT molecular complexity index is 1180. The molecular weight excluding hydrogens is 434 g/mol. The van der Waals surface area contributed by atoms with Crippen LogP contribution < -0.4 is 15.4 Å². The second kappa shape index (κ2) is 10.9. The Morgan fingerprint density at radius 1 is 0.818 bits per heavy atom. The molecule has 33 heavy (non-hydrogen) atoms. The Labute approximate surface area is 188 Å². The molecule has 3 rings (SSSR count). The molecule has 0 aliphatic carbocycles. The van der Waals surface area contributed by atoms with Gasteiger partial charge in [-0.1, -0.05) is 30.3 Å². The first-order valence-corrected chi connectivity index (χ1v) is 9.83. The molecule has 0 heterocycles. The van der Waals surface area contributed by atoms with Gasteiger partial charge in [-0.3, -0.25) is 9.59 Å². The summed E-state index contributed by atoms with van der Waals surface area (Å²) in [5, 5.41) is 4.84. The smallest absolute Gasteiger partial charge is 0.342 e. The van der Waals surface area contributed by atoms with E-state index in [4.69, 9.17) is 9.47 Å². The average Bonchev–Trinajstić information content (AvgIpc) is 2.80. The molecule has 2 amide bonds. The van der Waals surface area contributed by atoms with Crippen LogP contribution in [0.25, 0.3) is 0 Å². The molecule has 9 heteroatoms. The first-order chi connectivity index (χ1) is 15.8. The minimum absolute atomic E-state index is 0.00154. The average molecular weight is 454 g/mol. The lowest BCUT2D eigenvalue weighted by Crippen LogP contribution is -2.23. The summed E-state index contributed by atoms with van der Waals surface area (Å²) in [4.78, 5) is 36.6. The second-order valence-electron chi connectivity index (χ2n) is 6.90. The van der Waals surface area contributed by atoms with Gasteiger partial charge >= 0.3 is 5.97 Å². The summed E-state index contributed by atoms with van der Waals surface area (Å²) < 4.78 is 37.4. The number of amides is 2. The number of para-hydroxylation sites is 2. The fraction of sp³-hybridized carbons (Fsp3) is 0.125. The second-order valence-corrected chi connectivity index (χ2v) is 6.90. The molecule has 0 bridgehead atoms. The number of halogens is 2. The van der Waals surface area contributed by atoms with Crippen LogP contribution in [0.15, 0.2) is 66.7 Å². The summed E-state index contributed by atoms with van der Waals surface area (Å²) in [5.41, 5.74) is 0.897. The van der Waals surface area contributed by atoms with E-state index in [0.717, 1.165) is 6.07 Å². The molecule has 0 aliphatic heterocycles. The van der Waals surface area contributed by atoms with Gasteiger partial charge in [-0.25, -0.2) is 13.6 Å². The number of ether oxygens (including phenoxy) is 2. The summed E-state index contributed by atoms with van der Waals surface area (Å²) in [6, 6.07) is 15.6. The minimum atomic E-state index is -0.855. The van der Waals surface area contributed by atoms with E-state index in [1.165, 1.54) is 42.5 Å². The van der Waals surface area contributed by atoms with Gasteiger partial charge in [0.05, 0.1) is 5.69 Å². The van der Waals surface area contributed by atoms with Crippen molar-refractivity contribution in [1.82, 2.24) is 0 Å². The Morgan fingerprint density at radius 3 is 2.27 bits per heavy atom. The number of rotatable bonds is 8. The van der Waals surface area contributed by atoms with Crippen LogP contribution in [0.3, 0.4) is 0 Å². The lowest BCUT2D eigenvalue weighted by Gasteiger charge is -2.12. The monoisotopic (exact) mass is 454 g/mol. The van der Waals surface area contributed by atoms with Crippen molar-refractivity contribution < 1.29 is 32.6 Å². The normalized spacial score (nSPS) is 10.3. The van der Waals surface area contributed by atoms with Crippen LogP contribution in [0, 0.1) is 18.6 Å². The quantitative estimate of drug-likeness (QED) is 0.500. The molecule has 0 saturated carbocycles. The molecule has 170 valence electrons. The summed E-state index contributed by atoms with van der Waals surface area (Å²) >= 11 is 0. The zero-order valence-corrected chi connectivity index (χ0v) is 17.6. The van der Waals surface area contributed by atoms with Gasteiger partial charge in [-0.05, 0) is 48.9 Å². The SMILES string of the molecule is Cc1ccc(F)cc1NC(=O)COC(=O)c1ccccc1OCC(=O)Nc1ccccc1F. The molecule has 0 unspecified atom stereocenters. The molecule has 0 saturated heterocycles. The van der Waals surface area contributed by atoms with Gasteiger partial charge in [0.25, 0.3) is 11.8 Å². The van der Waals surface area contributed by atoms with Crippen LogP contribution in [-0.2, 0) is 14.3 Å². The van der Waals surface area contributed by atoms with Crippen molar-refractivity contribution in [3.05, 3.63) is 89.5 Å². The molecule has 7 nitrogen and oxygen atoms in total. The predicted octanol–water partition coefficient (Wildman–Crippen LogP) is 4.09. The summed E-state index contributed by atoms with van der Waals surface area (Å²) in [5.74, 6) is -3.20. The number of aryl methyl sites for hydroxylation is 1. The first-order valence-electron chi connectivity index (χ1n) is 9.83. The molecule has 0 aromatic heterocycles. The third-order valence-corrected chi connectivity index (χ3v) is 4.42. The number of anilines is 2. The Hall–Kier alpha value is -4.27. The maximum absolute atomic E-state index is 13.6. The maximum Gasteiger partial charge on any atom is 0.342 e. The Balaban J connectivity index is 1.56. The van der Waals surface area contributed by atoms with Crippen LogP contribution in [-0.4, -0.2) is 31.0 Å². The summed E-state index contributed by atoms with van der Waals surface area (Å²) in [6.45, 7) is 0.589. The van der Waals surface area contributed by atoms with E-state index >= 15 is 0 Å². The molecule has 2 N–H and O–H groups in total. The number of carbonyl (C=O) groups excluding carboxylic acids is 3. The van der Waals surface area contributed by atoms with E-state index < -0.39 is 42.6 Å². The van der Waals surface area contributed by atoms with Crippen molar-refractivity contribution >= 4 is 29.2 Å². The van der Waals surface area contributed by atoms with Crippen LogP contribution in [0.2, 0.25) is 0 Å². The topological polar surface area (TPSA) is 93.7 Å². The van der Waals surface area contributed by atoms with E-state index in [1.807, 2.05) is 0 Å². The lowest BCUT2D eigenvalue weighted by molar-refractivity contribution is -0.119. The zero-order chi connectivity index (χ0) is 23.8. The zero-order valence-electron chi connectivity index (χ0n) is 17.6. The Kier molecular flexibility index (Phi) is 7.69. The number of carbonyl (C=O) groups is 3. The third-order valence-electron chi connectivity index (χ3n) is 4.42. The van der Waals surface area contributed by atoms with Crippen LogP contribution >= 0.6 is 0 Å². The molecule has 0 radical (unpaired) electrons. The van der Waals surface area contributed by atoms with Crippen molar-refractivity contribution in [3.8, 4) is 5.75 Å². The highest BCUT2D eigenvalue weighted by Gasteiger charge is 2.17. The fourth-order valence-electron chi connectivity index (χ4n) is 2.78. The first kappa shape index (κ1) is 23.4. The van der Waals surface area contributed by atoms with E-state index in [-0.39, 0.29) is 22.7 Å². The van der Waals surface area contributed by atoms with Crippen molar-refractivity contribution in [2.75, 3.05) is 23.8 Å². The standard InChI is InChI=1S/C24H20F2N2O5/c1-15-10-11-16(25)12-20(15)28-23(30)14-33-24(31)17-6-2-5-9-21(17)32-13-22(29)27-19-8-4-3-7-18(19)26/h2-12H,13-14H2,1H3,(H,27,29)(H,28,30). The van der Waals surface area contributed by atoms with Gasteiger partial charge in [0, 0.05) is 5.69 Å². The van der Waals surface area contributed by atoms with Crippen LogP contribution in [0.1, 0.15) is 15.9 Å². The van der Waals surface area contributed by atoms with Crippen LogP contribution in [0.4, 0.5) is 20.2 Å². The largest absolute Gasteiger partial charge is 0.483 e. The lowest BCUT2D eigenvalue weighted by atomic mass is 10.2. The highest BCUT2D eigenvalue weighted by Crippen LogP contribution is 2.20. The van der Waals surface area contributed by atoms with E-state index in [9.17, 15) is 23.2 Å². The van der Waals surface area contributed by atoms with Crippen LogP contribution in [0.5, 0.6) is 5.75 Å². The predicted molar refractivity (Wildman–Crippen MR) is 117 cm³/mol. The summed E-state index contributed by atoms with van der Waals surface area (Å²) in [7, 11) is 0. The molecule has 0 spiro atoms. The van der Waals surface area contributed by atoms with Gasteiger partial charge in [-0.2, -0.15) is 0 Å². The van der Waals surface area contributed by atoms with Crippen molar-refractivity contribution in [2.45, 2.75) is 6.92 Å². The highest BCUT2D eigenvalue weighted by atomic mass is 19.1. The van der Waals surface area contributed by atoms with Crippen molar-refractivity contribution in [1.29, 1.82) is 0 Å². The molecule has 3 aromatic rings. The van der Waals surface area contributed by atoms with Gasteiger partial charge in [0.15, 0.2) is 13.2 Å². The number of hydrogen-bond acceptors (Lipinski definition) is 5. The van der Waals surface area contributed by atoms with Gasteiger partial charge < -0.3 is 20.1 Å². The Morgan fingerprint density at radius 2 is 1.48 bits per heavy atom. The van der Waals surface area contributed by atoms with E-state index in [0.29, 0.717) is 5.56 Å². The molecule has 3 aromatic carbocycles. The number of nitrogens with one attached hydrogen (secondary N) is 2. The molecule has 0 aliphatic rings. The van der Waals surface area contributed by atoms with Gasteiger partial charge in [0.1, 0.15) is 22.9 Å². The minimum Gasteiger partial charge on any atom is -0.483 e. The molecular formula is C24H20F2N2O5. The van der Waals surface area contributed by atoms with Gasteiger partial charge in [0.2, 0.25) is 0 Å². The third kappa shape index (κ3) is 6.60. The van der Waals surface area contributed by atoms with Gasteiger partial charge in [-0.15, -0.1) is 0 Å². The van der Waals surface area contributed by atoms with Crippen molar-refractivity contribution in [2.24, 2.45) is 0 Å². The number of benzene rings is 3.